The molecule has 7 atom stereocenters. The second-order valence-electron chi connectivity index (χ2n) is 9.37. The quantitative estimate of drug-likeness (QED) is 0.661. The lowest BCUT2D eigenvalue weighted by Crippen LogP contribution is -2.55. The first kappa shape index (κ1) is 15.0. The zero-order valence-corrected chi connectivity index (χ0v) is 14.3. The topological polar surface area (TPSA) is 44.0 Å². The van der Waals surface area contributed by atoms with Crippen LogP contribution in [0.25, 0.3) is 0 Å². The average Bonchev–Trinajstić information content (AvgIpc) is 2.79. The van der Waals surface area contributed by atoms with Crippen LogP contribution in [-0.2, 0) is 0 Å². The Hall–Kier alpha value is -0.550. The van der Waals surface area contributed by atoms with Crippen LogP contribution in [0.15, 0.2) is 0 Å². The summed E-state index contributed by atoms with van der Waals surface area (Å²) in [6.07, 6.45) is 12.6. The highest BCUT2D eigenvalue weighted by Crippen LogP contribution is 2.68. The van der Waals surface area contributed by atoms with Crippen LogP contribution in [0, 0.1) is 45.8 Å². The minimum Gasteiger partial charge on any atom is -0.375 e. The van der Waals surface area contributed by atoms with Gasteiger partial charge in [-0.3, -0.25) is 0 Å². The molecule has 0 radical (unpaired) electrons. The molecule has 4 aliphatic rings. The molecule has 0 aliphatic heterocycles. The van der Waals surface area contributed by atoms with E-state index in [0.29, 0.717) is 17.8 Å². The molecule has 0 amide bonds. The van der Waals surface area contributed by atoms with Crippen molar-refractivity contribution in [2.75, 3.05) is 0 Å². The zero-order chi connectivity index (χ0) is 15.6. The maximum Gasteiger partial charge on any atom is 0.156 e. The molecule has 0 aromatic heterocycles. The van der Waals surface area contributed by atoms with Gasteiger partial charge in [-0.15, -0.1) is 0 Å². The van der Waals surface area contributed by atoms with Crippen LogP contribution in [0.3, 0.4) is 0 Å². The normalized spacial score (nSPS) is 57.4. The van der Waals surface area contributed by atoms with Crippen molar-refractivity contribution < 1.29 is 5.11 Å². The first-order valence-electron chi connectivity index (χ1n) is 9.58. The highest BCUT2D eigenvalue weighted by atomic mass is 16.3. The lowest BCUT2D eigenvalue weighted by Gasteiger charge is -2.60. The fraction of sp³-hybridized carbons (Fsp3) is 0.950. The van der Waals surface area contributed by atoms with E-state index < -0.39 is 5.60 Å². The molecular formula is C20H31NO. The van der Waals surface area contributed by atoms with Crippen molar-refractivity contribution in [3.8, 4) is 6.07 Å². The maximum absolute atomic E-state index is 10.9. The van der Waals surface area contributed by atoms with Gasteiger partial charge in [0, 0.05) is 5.41 Å². The third kappa shape index (κ3) is 1.70. The molecule has 1 N–H and O–H groups in total. The summed E-state index contributed by atoms with van der Waals surface area (Å²) in [7, 11) is 0. The zero-order valence-electron chi connectivity index (χ0n) is 14.3. The van der Waals surface area contributed by atoms with Gasteiger partial charge < -0.3 is 5.11 Å². The minimum absolute atomic E-state index is 0.152. The van der Waals surface area contributed by atoms with Crippen molar-refractivity contribution in [3.63, 3.8) is 0 Å². The molecule has 0 aromatic rings. The van der Waals surface area contributed by atoms with Crippen LogP contribution in [0.1, 0.15) is 78.1 Å². The number of aliphatic hydroxyl groups is 1. The van der Waals surface area contributed by atoms with Gasteiger partial charge in [0.1, 0.15) is 0 Å². The molecule has 0 spiro atoms. The maximum atomic E-state index is 10.9. The molecule has 4 rings (SSSR count). The molecular weight excluding hydrogens is 270 g/mol. The van der Waals surface area contributed by atoms with Crippen LogP contribution in [0.4, 0.5) is 0 Å². The van der Waals surface area contributed by atoms with Gasteiger partial charge >= 0.3 is 0 Å². The third-order valence-corrected chi connectivity index (χ3v) is 8.92. The van der Waals surface area contributed by atoms with Gasteiger partial charge in [0.15, 0.2) is 5.60 Å². The van der Waals surface area contributed by atoms with Crippen molar-refractivity contribution in [2.24, 2.45) is 34.5 Å². The van der Waals surface area contributed by atoms with Gasteiger partial charge in [-0.2, -0.15) is 5.26 Å². The number of nitriles is 1. The number of hydrogen-bond acceptors (Lipinski definition) is 2. The van der Waals surface area contributed by atoms with Crippen molar-refractivity contribution in [1.29, 1.82) is 5.26 Å². The molecule has 0 bridgehead atoms. The summed E-state index contributed by atoms with van der Waals surface area (Å²) in [6.45, 7) is 4.81. The second-order valence-corrected chi connectivity index (χ2v) is 9.37. The summed E-state index contributed by atoms with van der Waals surface area (Å²) in [4.78, 5) is 0. The van der Waals surface area contributed by atoms with Crippen LogP contribution in [-0.4, -0.2) is 10.7 Å². The number of fused-ring (bicyclic) bond motifs is 5. The van der Waals surface area contributed by atoms with E-state index in [2.05, 4.69) is 19.9 Å². The van der Waals surface area contributed by atoms with Gasteiger partial charge in [-0.05, 0) is 80.5 Å². The Balaban J connectivity index is 1.67. The molecule has 4 saturated carbocycles. The first-order chi connectivity index (χ1) is 10.4. The lowest BCUT2D eigenvalue weighted by atomic mass is 9.44. The predicted octanol–water partition coefficient (Wildman–Crippen LogP) is 4.67. The van der Waals surface area contributed by atoms with E-state index in [0.717, 1.165) is 30.6 Å². The smallest absolute Gasteiger partial charge is 0.156 e. The third-order valence-electron chi connectivity index (χ3n) is 8.92. The molecule has 2 heteroatoms. The Kier molecular flexibility index (Phi) is 3.22. The Morgan fingerprint density at radius 3 is 2.45 bits per heavy atom. The molecule has 4 fully saturated rings. The van der Waals surface area contributed by atoms with Gasteiger partial charge in [-0.1, -0.05) is 26.7 Å². The van der Waals surface area contributed by atoms with Crippen LogP contribution in [0.2, 0.25) is 0 Å². The van der Waals surface area contributed by atoms with Gasteiger partial charge in [0.2, 0.25) is 0 Å². The van der Waals surface area contributed by atoms with Gasteiger partial charge in [0.05, 0.1) is 6.07 Å². The predicted molar refractivity (Wildman–Crippen MR) is 86.9 cm³/mol. The van der Waals surface area contributed by atoms with Crippen molar-refractivity contribution >= 4 is 0 Å². The van der Waals surface area contributed by atoms with Crippen molar-refractivity contribution in [2.45, 2.75) is 83.7 Å². The van der Waals surface area contributed by atoms with Crippen molar-refractivity contribution in [3.05, 3.63) is 0 Å². The van der Waals surface area contributed by atoms with E-state index in [9.17, 15) is 10.4 Å². The summed E-state index contributed by atoms with van der Waals surface area (Å²) in [5.74, 6) is 3.14. The van der Waals surface area contributed by atoms with Crippen LogP contribution < -0.4 is 0 Å². The van der Waals surface area contributed by atoms with Crippen molar-refractivity contribution in [1.82, 2.24) is 0 Å². The minimum atomic E-state index is -1.06. The van der Waals surface area contributed by atoms with E-state index in [1.54, 1.807) is 0 Å². The van der Waals surface area contributed by atoms with E-state index in [4.69, 9.17) is 0 Å². The number of rotatable bonds is 0. The van der Waals surface area contributed by atoms with Crippen LogP contribution in [0.5, 0.6) is 0 Å². The molecule has 0 heterocycles. The summed E-state index contributed by atoms with van der Waals surface area (Å²) < 4.78 is 0. The van der Waals surface area contributed by atoms with Crippen LogP contribution >= 0.6 is 0 Å². The lowest BCUT2D eigenvalue weighted by molar-refractivity contribution is -0.135. The molecule has 22 heavy (non-hydrogen) atoms. The van der Waals surface area contributed by atoms with E-state index in [-0.39, 0.29) is 5.41 Å². The van der Waals surface area contributed by atoms with Gasteiger partial charge in [0.25, 0.3) is 0 Å². The Morgan fingerprint density at radius 1 is 0.909 bits per heavy atom. The Labute approximate surface area is 135 Å². The highest BCUT2D eigenvalue weighted by molar-refractivity contribution is 5.20. The fourth-order valence-electron chi connectivity index (χ4n) is 7.49. The summed E-state index contributed by atoms with van der Waals surface area (Å²) in [5.41, 5.74) is -0.663. The largest absolute Gasteiger partial charge is 0.375 e. The monoisotopic (exact) mass is 301 g/mol. The molecule has 0 aromatic carbocycles. The summed E-state index contributed by atoms with van der Waals surface area (Å²) in [6, 6.07) is 2.30. The Bertz CT molecular complexity index is 510. The van der Waals surface area contributed by atoms with E-state index in [1.165, 1.54) is 44.9 Å². The SMILES string of the molecule is C[C@]12CCCC[C@@H]1CC[C@H]1[C@H]3CC[C@](O)(C#N)[C@@]3(C)CC[C@@H]12. The first-order valence-corrected chi connectivity index (χ1v) is 9.58. The number of hydrogen-bond donors (Lipinski definition) is 1. The van der Waals surface area contributed by atoms with E-state index >= 15 is 0 Å². The standard InChI is InChI=1S/C20H31NO/c1-18-10-4-3-5-14(18)6-7-15-16(18)8-11-19(2)17(15)9-12-20(19,22)13-21/h14-17,22H,3-12H2,1-2H3/t14-,15-,16+,17-,18+,19+,20+/m1/s1. The number of nitrogens with zero attached hydrogens (tertiary/aromatic N) is 1. The highest BCUT2D eigenvalue weighted by Gasteiger charge is 2.64. The molecule has 0 saturated heterocycles. The molecule has 0 unspecified atom stereocenters. The van der Waals surface area contributed by atoms with Gasteiger partial charge in [-0.25, -0.2) is 0 Å². The summed E-state index contributed by atoms with van der Waals surface area (Å²) in [5, 5.41) is 20.4. The Morgan fingerprint density at radius 2 is 1.68 bits per heavy atom. The molecule has 122 valence electrons. The average molecular weight is 301 g/mol. The molecule has 4 aliphatic carbocycles. The molecule has 2 nitrogen and oxygen atoms in total. The van der Waals surface area contributed by atoms with E-state index in [1.807, 2.05) is 0 Å². The second kappa shape index (κ2) is 4.73. The summed E-state index contributed by atoms with van der Waals surface area (Å²) >= 11 is 0. The fourth-order valence-corrected chi connectivity index (χ4v) is 7.49.